The molecule has 7 heteroatoms. The third-order valence-corrected chi connectivity index (χ3v) is 3.70. The smallest absolute Gasteiger partial charge is 0.255 e. The number of aryl methyl sites for hydroxylation is 1. The van der Waals surface area contributed by atoms with E-state index < -0.39 is 0 Å². The second-order valence-corrected chi connectivity index (χ2v) is 5.41. The highest BCUT2D eigenvalue weighted by Crippen LogP contribution is 2.30. The van der Waals surface area contributed by atoms with E-state index in [1.807, 2.05) is 14.0 Å². The predicted molar refractivity (Wildman–Crippen MR) is 81.5 cm³/mol. The maximum Gasteiger partial charge on any atom is 0.255 e. The quantitative estimate of drug-likeness (QED) is 0.899. The summed E-state index contributed by atoms with van der Waals surface area (Å²) in [7, 11) is 1.81. The molecule has 114 valence electrons. The Balaban J connectivity index is 1.72. The molecule has 0 atom stereocenters. The molecule has 2 aromatic rings. The zero-order chi connectivity index (χ0) is 15.7. The topological polar surface area (TPSA) is 88.9 Å². The van der Waals surface area contributed by atoms with Gasteiger partial charge in [-0.15, -0.1) is 0 Å². The standard InChI is InChI=1S/C15H17N5O2/c1-9-12(8-17-20(9)2)18-15(22)11-5-6-16-13(7-11)19-14(21)10-3-4-10/h5-8,10H,3-4H2,1-2H3,(H,18,22)(H,16,19,21). The first-order valence-electron chi connectivity index (χ1n) is 7.11. The molecule has 0 radical (unpaired) electrons. The van der Waals surface area contributed by atoms with E-state index in [9.17, 15) is 9.59 Å². The van der Waals surface area contributed by atoms with Crippen LogP contribution in [-0.2, 0) is 11.8 Å². The lowest BCUT2D eigenvalue weighted by atomic mass is 10.2. The van der Waals surface area contributed by atoms with Gasteiger partial charge in [0.05, 0.1) is 17.6 Å². The number of aromatic nitrogens is 3. The van der Waals surface area contributed by atoms with Crippen LogP contribution in [0.4, 0.5) is 11.5 Å². The van der Waals surface area contributed by atoms with Crippen LogP contribution in [0.1, 0.15) is 28.9 Å². The lowest BCUT2D eigenvalue weighted by Gasteiger charge is -2.07. The first-order valence-corrected chi connectivity index (χ1v) is 7.11. The predicted octanol–water partition coefficient (Wildman–Crippen LogP) is 1.72. The normalized spacial score (nSPS) is 13.7. The van der Waals surface area contributed by atoms with Gasteiger partial charge in [0, 0.05) is 24.7 Å². The van der Waals surface area contributed by atoms with Crippen LogP contribution in [0.5, 0.6) is 0 Å². The van der Waals surface area contributed by atoms with Gasteiger partial charge < -0.3 is 10.6 Å². The fraction of sp³-hybridized carbons (Fsp3) is 0.333. The molecule has 0 aliphatic heterocycles. The summed E-state index contributed by atoms with van der Waals surface area (Å²) in [5.41, 5.74) is 1.96. The lowest BCUT2D eigenvalue weighted by molar-refractivity contribution is -0.117. The van der Waals surface area contributed by atoms with Crippen molar-refractivity contribution in [1.29, 1.82) is 0 Å². The lowest BCUT2D eigenvalue weighted by Crippen LogP contribution is -2.16. The minimum absolute atomic E-state index is 0.0341. The van der Waals surface area contributed by atoms with Crippen molar-refractivity contribution < 1.29 is 9.59 Å². The molecular formula is C15H17N5O2. The molecule has 2 aromatic heterocycles. The number of carbonyl (C=O) groups excluding carboxylic acids is 2. The highest BCUT2D eigenvalue weighted by molar-refractivity contribution is 6.05. The Bertz CT molecular complexity index is 733. The van der Waals surface area contributed by atoms with E-state index in [0.717, 1.165) is 18.5 Å². The summed E-state index contributed by atoms with van der Waals surface area (Å²) in [5, 5.41) is 9.61. The molecule has 0 unspecified atom stereocenters. The number of amides is 2. The van der Waals surface area contributed by atoms with Crippen molar-refractivity contribution in [3.63, 3.8) is 0 Å². The van der Waals surface area contributed by atoms with E-state index >= 15 is 0 Å². The molecule has 22 heavy (non-hydrogen) atoms. The molecule has 0 bridgehead atoms. The number of nitrogens with one attached hydrogen (secondary N) is 2. The van der Waals surface area contributed by atoms with Crippen LogP contribution in [-0.4, -0.2) is 26.6 Å². The number of anilines is 2. The van der Waals surface area contributed by atoms with Crippen molar-refractivity contribution in [2.75, 3.05) is 10.6 Å². The zero-order valence-corrected chi connectivity index (χ0v) is 12.5. The van der Waals surface area contributed by atoms with Crippen LogP contribution in [0.25, 0.3) is 0 Å². The molecule has 1 aliphatic carbocycles. The molecule has 1 aliphatic rings. The summed E-state index contributed by atoms with van der Waals surface area (Å²) in [4.78, 5) is 28.1. The molecule has 0 spiro atoms. The Labute approximate surface area is 127 Å². The maximum absolute atomic E-state index is 12.3. The number of rotatable bonds is 4. The molecule has 2 heterocycles. The van der Waals surface area contributed by atoms with Gasteiger partial charge in [0.25, 0.3) is 5.91 Å². The summed E-state index contributed by atoms with van der Waals surface area (Å²) in [6.45, 7) is 1.87. The van der Waals surface area contributed by atoms with E-state index in [4.69, 9.17) is 0 Å². The fourth-order valence-corrected chi connectivity index (χ4v) is 2.03. The van der Waals surface area contributed by atoms with Gasteiger partial charge in [0.15, 0.2) is 0 Å². The van der Waals surface area contributed by atoms with Crippen molar-refractivity contribution in [2.24, 2.45) is 13.0 Å². The first-order chi connectivity index (χ1) is 10.5. The Morgan fingerprint density at radius 3 is 2.73 bits per heavy atom. The van der Waals surface area contributed by atoms with Gasteiger partial charge in [-0.3, -0.25) is 14.3 Å². The van der Waals surface area contributed by atoms with Crippen LogP contribution >= 0.6 is 0 Å². The van der Waals surface area contributed by atoms with Crippen molar-refractivity contribution in [3.8, 4) is 0 Å². The van der Waals surface area contributed by atoms with Gasteiger partial charge in [-0.05, 0) is 31.9 Å². The molecule has 0 saturated heterocycles. The first kappa shape index (κ1) is 14.2. The number of hydrogen-bond donors (Lipinski definition) is 2. The van der Waals surface area contributed by atoms with E-state index in [2.05, 4.69) is 20.7 Å². The highest BCUT2D eigenvalue weighted by Gasteiger charge is 2.29. The van der Waals surface area contributed by atoms with E-state index in [1.165, 1.54) is 6.20 Å². The molecule has 1 saturated carbocycles. The second-order valence-electron chi connectivity index (χ2n) is 5.41. The summed E-state index contributed by atoms with van der Waals surface area (Å²) < 4.78 is 1.68. The van der Waals surface area contributed by atoms with Gasteiger partial charge in [-0.1, -0.05) is 0 Å². The van der Waals surface area contributed by atoms with E-state index in [0.29, 0.717) is 17.1 Å². The number of hydrogen-bond acceptors (Lipinski definition) is 4. The van der Waals surface area contributed by atoms with Crippen LogP contribution < -0.4 is 10.6 Å². The van der Waals surface area contributed by atoms with Gasteiger partial charge >= 0.3 is 0 Å². The Hall–Kier alpha value is -2.70. The van der Waals surface area contributed by atoms with Gasteiger partial charge in [0.2, 0.25) is 5.91 Å². The van der Waals surface area contributed by atoms with Crippen LogP contribution in [0.3, 0.4) is 0 Å². The summed E-state index contributed by atoms with van der Waals surface area (Å²) >= 11 is 0. The van der Waals surface area contributed by atoms with Crippen LogP contribution in [0, 0.1) is 12.8 Å². The van der Waals surface area contributed by atoms with Crippen molar-refractivity contribution in [2.45, 2.75) is 19.8 Å². The van der Waals surface area contributed by atoms with Crippen molar-refractivity contribution >= 4 is 23.3 Å². The molecule has 2 N–H and O–H groups in total. The monoisotopic (exact) mass is 299 g/mol. The summed E-state index contributed by atoms with van der Waals surface area (Å²) in [6.07, 6.45) is 4.95. The molecule has 1 fully saturated rings. The SMILES string of the molecule is Cc1c(NC(=O)c2ccnc(NC(=O)C3CC3)c2)cnn1C. The molecular weight excluding hydrogens is 282 g/mol. The van der Waals surface area contributed by atoms with Gasteiger partial charge in [0.1, 0.15) is 5.82 Å². The molecule has 3 rings (SSSR count). The van der Waals surface area contributed by atoms with Gasteiger partial charge in [-0.25, -0.2) is 4.98 Å². The van der Waals surface area contributed by atoms with E-state index in [-0.39, 0.29) is 17.7 Å². The number of pyridine rings is 1. The molecule has 0 aromatic carbocycles. The maximum atomic E-state index is 12.3. The minimum atomic E-state index is -0.263. The number of carbonyl (C=O) groups is 2. The average Bonchev–Trinajstić information content (AvgIpc) is 3.31. The van der Waals surface area contributed by atoms with Crippen LogP contribution in [0.2, 0.25) is 0 Å². The third kappa shape index (κ3) is 2.98. The minimum Gasteiger partial charge on any atom is -0.319 e. The largest absolute Gasteiger partial charge is 0.319 e. The third-order valence-electron chi connectivity index (χ3n) is 3.70. The van der Waals surface area contributed by atoms with Gasteiger partial charge in [-0.2, -0.15) is 5.10 Å². The Morgan fingerprint density at radius 1 is 1.32 bits per heavy atom. The number of nitrogens with zero attached hydrogens (tertiary/aromatic N) is 3. The summed E-state index contributed by atoms with van der Waals surface area (Å²) in [5.74, 6) is 0.193. The second kappa shape index (κ2) is 5.59. The molecule has 7 nitrogen and oxygen atoms in total. The van der Waals surface area contributed by atoms with E-state index in [1.54, 1.807) is 23.0 Å². The summed E-state index contributed by atoms with van der Waals surface area (Å²) in [6, 6.07) is 3.18. The fourth-order valence-electron chi connectivity index (χ4n) is 2.03. The average molecular weight is 299 g/mol. The van der Waals surface area contributed by atoms with Crippen LogP contribution in [0.15, 0.2) is 24.5 Å². The Kier molecular flexibility index (Phi) is 3.62. The zero-order valence-electron chi connectivity index (χ0n) is 12.5. The van der Waals surface area contributed by atoms with Crippen molar-refractivity contribution in [3.05, 3.63) is 35.8 Å². The van der Waals surface area contributed by atoms with Crippen molar-refractivity contribution in [1.82, 2.24) is 14.8 Å². The highest BCUT2D eigenvalue weighted by atomic mass is 16.2. The molecule has 2 amide bonds. The Morgan fingerprint density at radius 2 is 2.09 bits per heavy atom.